The molecule has 0 unspecified atom stereocenters. The first-order valence-corrected chi connectivity index (χ1v) is 5.65. The summed E-state index contributed by atoms with van der Waals surface area (Å²) in [5.41, 5.74) is -0.127. The first-order valence-electron chi connectivity index (χ1n) is 5.65. The van der Waals surface area contributed by atoms with Crippen molar-refractivity contribution < 1.29 is 32.2 Å². The molecule has 0 spiro atoms. The number of hydrogen-bond acceptors (Lipinski definition) is 2. The van der Waals surface area contributed by atoms with Crippen LogP contribution in [0.5, 0.6) is 5.75 Å². The van der Waals surface area contributed by atoms with Gasteiger partial charge in [-0.15, -0.1) is 13.2 Å². The average molecular weight is 300 g/mol. The fourth-order valence-electron chi connectivity index (χ4n) is 1.74. The van der Waals surface area contributed by atoms with E-state index in [1.165, 1.54) is 18.2 Å². The van der Waals surface area contributed by atoms with Gasteiger partial charge in [0.2, 0.25) is 0 Å². The lowest BCUT2D eigenvalue weighted by Crippen LogP contribution is -2.17. The highest BCUT2D eigenvalue weighted by Gasteiger charge is 2.31. The third-order valence-corrected chi connectivity index (χ3v) is 2.59. The van der Waals surface area contributed by atoms with E-state index in [2.05, 4.69) is 4.74 Å². The smallest absolute Gasteiger partial charge is 0.478 e. The molecule has 21 heavy (non-hydrogen) atoms. The Hall–Kier alpha value is -2.57. The molecule has 3 nitrogen and oxygen atoms in total. The van der Waals surface area contributed by atoms with Crippen molar-refractivity contribution in [3.05, 3.63) is 53.8 Å². The molecule has 0 atom stereocenters. The molecule has 110 valence electrons. The number of carbonyl (C=O) groups is 1. The number of aromatic carboxylic acids is 1. The highest BCUT2D eigenvalue weighted by atomic mass is 19.4. The molecule has 0 saturated heterocycles. The topological polar surface area (TPSA) is 46.5 Å². The van der Waals surface area contributed by atoms with Crippen molar-refractivity contribution in [3.63, 3.8) is 0 Å². The van der Waals surface area contributed by atoms with Gasteiger partial charge in [0, 0.05) is 5.56 Å². The number of carboxylic acid groups (broad SMARTS) is 1. The minimum atomic E-state index is -4.84. The van der Waals surface area contributed by atoms with Crippen molar-refractivity contribution in [2.45, 2.75) is 6.36 Å². The molecule has 0 aliphatic carbocycles. The third kappa shape index (κ3) is 3.71. The Bertz CT molecular complexity index is 680. The summed E-state index contributed by atoms with van der Waals surface area (Å²) in [5, 5.41) is 8.73. The molecule has 1 N–H and O–H groups in total. The maximum atomic E-state index is 13.8. The largest absolute Gasteiger partial charge is 0.573 e. The molecule has 7 heteroatoms. The fraction of sp³-hybridized carbons (Fsp3) is 0.0714. The Balaban J connectivity index is 2.38. The number of alkyl halides is 3. The maximum absolute atomic E-state index is 13.8. The minimum absolute atomic E-state index is 0.0207. The van der Waals surface area contributed by atoms with E-state index in [4.69, 9.17) is 5.11 Å². The van der Waals surface area contributed by atoms with Crippen LogP contribution in [-0.2, 0) is 0 Å². The molecule has 0 aliphatic heterocycles. The molecule has 0 bridgehead atoms. The number of rotatable bonds is 3. The van der Waals surface area contributed by atoms with Gasteiger partial charge in [0.15, 0.2) is 0 Å². The molecular formula is C14H8F4O3. The quantitative estimate of drug-likeness (QED) is 0.868. The van der Waals surface area contributed by atoms with Crippen molar-refractivity contribution in [2.75, 3.05) is 0 Å². The summed E-state index contributed by atoms with van der Waals surface area (Å²) >= 11 is 0. The van der Waals surface area contributed by atoms with Gasteiger partial charge in [-0.3, -0.25) is 0 Å². The van der Waals surface area contributed by atoms with E-state index in [-0.39, 0.29) is 16.7 Å². The Labute approximate surface area is 116 Å². The van der Waals surface area contributed by atoms with Crippen LogP contribution in [0.25, 0.3) is 11.1 Å². The van der Waals surface area contributed by atoms with Crippen molar-refractivity contribution in [3.8, 4) is 16.9 Å². The number of benzene rings is 2. The number of halogens is 4. The highest BCUT2D eigenvalue weighted by Crippen LogP contribution is 2.29. The number of carboxylic acids is 1. The normalized spacial score (nSPS) is 11.2. The lowest BCUT2D eigenvalue weighted by atomic mass is 10.0. The van der Waals surface area contributed by atoms with E-state index in [9.17, 15) is 22.4 Å². The van der Waals surface area contributed by atoms with E-state index in [0.717, 1.165) is 24.3 Å². The molecule has 0 saturated carbocycles. The van der Waals surface area contributed by atoms with Crippen LogP contribution < -0.4 is 4.74 Å². The molecular weight excluding hydrogens is 292 g/mol. The summed E-state index contributed by atoms with van der Waals surface area (Å²) < 4.78 is 54.0. The Kier molecular flexibility index (Phi) is 3.84. The van der Waals surface area contributed by atoms with Crippen LogP contribution in [0.4, 0.5) is 17.6 Å². The van der Waals surface area contributed by atoms with Gasteiger partial charge in [-0.1, -0.05) is 18.2 Å². The van der Waals surface area contributed by atoms with Gasteiger partial charge in [-0.05, 0) is 29.8 Å². The van der Waals surface area contributed by atoms with Gasteiger partial charge in [-0.2, -0.15) is 0 Å². The molecule has 2 aromatic rings. The van der Waals surface area contributed by atoms with Gasteiger partial charge < -0.3 is 9.84 Å². The molecule has 0 heterocycles. The summed E-state index contributed by atoms with van der Waals surface area (Å²) in [4.78, 5) is 10.7. The summed E-state index contributed by atoms with van der Waals surface area (Å²) in [6, 6.07) is 7.92. The van der Waals surface area contributed by atoms with Gasteiger partial charge in [0.1, 0.15) is 11.6 Å². The second-order valence-corrected chi connectivity index (χ2v) is 4.08. The molecule has 0 aliphatic rings. The third-order valence-electron chi connectivity index (χ3n) is 2.59. The van der Waals surface area contributed by atoms with Crippen LogP contribution in [0.3, 0.4) is 0 Å². The SMILES string of the molecule is O=C(O)c1ccc(-c2cccc(OC(F)(F)F)c2)c(F)c1. The van der Waals surface area contributed by atoms with Crippen LogP contribution >= 0.6 is 0 Å². The number of hydrogen-bond donors (Lipinski definition) is 1. The minimum Gasteiger partial charge on any atom is -0.478 e. The van der Waals surface area contributed by atoms with E-state index in [1.807, 2.05) is 0 Å². The summed E-state index contributed by atoms with van der Waals surface area (Å²) in [7, 11) is 0. The predicted octanol–water partition coefficient (Wildman–Crippen LogP) is 4.09. The standard InChI is InChI=1S/C14H8F4O3/c15-12-7-9(13(19)20)4-5-11(12)8-2-1-3-10(6-8)21-14(16,17)18/h1-7H,(H,19,20). The fourth-order valence-corrected chi connectivity index (χ4v) is 1.74. The van der Waals surface area contributed by atoms with E-state index in [1.54, 1.807) is 0 Å². The summed E-state index contributed by atoms with van der Waals surface area (Å²) in [6.07, 6.45) is -4.84. The average Bonchev–Trinajstić information content (AvgIpc) is 2.36. The molecule has 0 aromatic heterocycles. The lowest BCUT2D eigenvalue weighted by molar-refractivity contribution is -0.274. The first kappa shape index (κ1) is 14.8. The predicted molar refractivity (Wildman–Crippen MR) is 65.5 cm³/mol. The molecule has 0 fully saturated rings. The van der Waals surface area contributed by atoms with Crippen LogP contribution in [0.2, 0.25) is 0 Å². The molecule has 2 rings (SSSR count). The van der Waals surface area contributed by atoms with E-state index in [0.29, 0.717) is 0 Å². The summed E-state index contributed by atoms with van der Waals surface area (Å²) in [5.74, 6) is -2.63. The summed E-state index contributed by atoms with van der Waals surface area (Å²) in [6.45, 7) is 0. The monoisotopic (exact) mass is 300 g/mol. The van der Waals surface area contributed by atoms with Crippen LogP contribution in [0, 0.1) is 5.82 Å². The van der Waals surface area contributed by atoms with Gasteiger partial charge in [0.05, 0.1) is 5.56 Å². The zero-order valence-electron chi connectivity index (χ0n) is 10.3. The zero-order valence-corrected chi connectivity index (χ0v) is 10.3. The van der Waals surface area contributed by atoms with E-state index < -0.39 is 23.9 Å². The van der Waals surface area contributed by atoms with Crippen LogP contribution in [-0.4, -0.2) is 17.4 Å². The van der Waals surface area contributed by atoms with Crippen molar-refractivity contribution in [1.82, 2.24) is 0 Å². The Morgan fingerprint density at radius 2 is 1.81 bits per heavy atom. The zero-order chi connectivity index (χ0) is 15.6. The van der Waals surface area contributed by atoms with Crippen LogP contribution in [0.1, 0.15) is 10.4 Å². The van der Waals surface area contributed by atoms with Crippen molar-refractivity contribution >= 4 is 5.97 Å². The van der Waals surface area contributed by atoms with Crippen molar-refractivity contribution in [1.29, 1.82) is 0 Å². The Morgan fingerprint density at radius 3 is 2.38 bits per heavy atom. The first-order chi connectivity index (χ1) is 9.76. The van der Waals surface area contributed by atoms with E-state index >= 15 is 0 Å². The lowest BCUT2D eigenvalue weighted by Gasteiger charge is -2.10. The molecule has 0 amide bonds. The van der Waals surface area contributed by atoms with Gasteiger partial charge >= 0.3 is 12.3 Å². The van der Waals surface area contributed by atoms with Gasteiger partial charge in [0.25, 0.3) is 0 Å². The maximum Gasteiger partial charge on any atom is 0.573 e. The number of ether oxygens (including phenoxy) is 1. The molecule has 0 radical (unpaired) electrons. The van der Waals surface area contributed by atoms with Crippen molar-refractivity contribution in [2.24, 2.45) is 0 Å². The Morgan fingerprint density at radius 1 is 1.10 bits per heavy atom. The second kappa shape index (κ2) is 5.43. The highest BCUT2D eigenvalue weighted by molar-refractivity contribution is 5.88. The van der Waals surface area contributed by atoms with Gasteiger partial charge in [-0.25, -0.2) is 9.18 Å². The second-order valence-electron chi connectivity index (χ2n) is 4.08. The van der Waals surface area contributed by atoms with Crippen LogP contribution in [0.15, 0.2) is 42.5 Å². The molecule has 2 aromatic carbocycles.